The molecule has 2 atom stereocenters. The zero-order valence-electron chi connectivity index (χ0n) is 19.5. The van der Waals surface area contributed by atoms with E-state index in [0.717, 1.165) is 17.5 Å². The summed E-state index contributed by atoms with van der Waals surface area (Å²) >= 11 is 6.00. The van der Waals surface area contributed by atoms with Gasteiger partial charge in [0, 0.05) is 24.0 Å². The van der Waals surface area contributed by atoms with Crippen LogP contribution in [0.1, 0.15) is 44.7 Å². The number of amides is 2. The number of ether oxygens (including phenoxy) is 2. The van der Waals surface area contributed by atoms with Gasteiger partial charge in [-0.1, -0.05) is 36.7 Å². The van der Waals surface area contributed by atoms with Crippen molar-refractivity contribution in [3.05, 3.63) is 58.6 Å². The standard InChI is InChI=1S/C25H33ClN2O4/c1-6-17(2)27-25(30)18(3)28(16-20-7-11-21(26)12-8-20)24(29)14-10-19-9-13-22(31-4)23(15-19)32-5/h7-9,11-13,15,17-18H,6,10,14,16H2,1-5H3,(H,27,30)/t17-,18+/m1/s1. The summed E-state index contributed by atoms with van der Waals surface area (Å²) in [5, 5.41) is 3.60. The molecule has 32 heavy (non-hydrogen) atoms. The quantitative estimate of drug-likeness (QED) is 0.531. The van der Waals surface area contributed by atoms with E-state index in [1.165, 1.54) is 0 Å². The molecule has 0 aliphatic carbocycles. The molecule has 2 aromatic carbocycles. The van der Waals surface area contributed by atoms with Gasteiger partial charge in [-0.25, -0.2) is 0 Å². The van der Waals surface area contributed by atoms with E-state index >= 15 is 0 Å². The molecule has 0 bridgehead atoms. The number of nitrogens with one attached hydrogen (secondary N) is 1. The van der Waals surface area contributed by atoms with Gasteiger partial charge in [-0.3, -0.25) is 9.59 Å². The molecular formula is C25H33ClN2O4. The van der Waals surface area contributed by atoms with E-state index in [1.54, 1.807) is 38.2 Å². The predicted molar refractivity (Wildman–Crippen MR) is 127 cm³/mol. The molecule has 0 saturated heterocycles. The van der Waals surface area contributed by atoms with Gasteiger partial charge in [0.05, 0.1) is 14.2 Å². The van der Waals surface area contributed by atoms with E-state index in [2.05, 4.69) is 5.32 Å². The van der Waals surface area contributed by atoms with Gasteiger partial charge in [0.15, 0.2) is 11.5 Å². The first kappa shape index (κ1) is 25.5. The Morgan fingerprint density at radius 1 is 1.00 bits per heavy atom. The average molecular weight is 461 g/mol. The van der Waals surface area contributed by atoms with Crippen LogP contribution in [-0.4, -0.2) is 43.0 Å². The summed E-state index contributed by atoms with van der Waals surface area (Å²) in [6.07, 6.45) is 1.61. The minimum atomic E-state index is -0.599. The van der Waals surface area contributed by atoms with Crippen molar-refractivity contribution in [1.82, 2.24) is 10.2 Å². The Hall–Kier alpha value is -2.73. The summed E-state index contributed by atoms with van der Waals surface area (Å²) in [5.41, 5.74) is 1.87. The van der Waals surface area contributed by atoms with Gasteiger partial charge in [0.2, 0.25) is 11.8 Å². The fourth-order valence-electron chi connectivity index (χ4n) is 3.27. The smallest absolute Gasteiger partial charge is 0.242 e. The highest BCUT2D eigenvalue weighted by atomic mass is 35.5. The zero-order valence-corrected chi connectivity index (χ0v) is 20.2. The van der Waals surface area contributed by atoms with Crippen molar-refractivity contribution in [2.45, 2.75) is 58.7 Å². The summed E-state index contributed by atoms with van der Waals surface area (Å²) in [5.74, 6) is 1.01. The highest BCUT2D eigenvalue weighted by Gasteiger charge is 2.26. The van der Waals surface area contributed by atoms with Crippen LogP contribution in [0, 0.1) is 0 Å². The van der Waals surface area contributed by atoms with E-state index in [1.807, 2.05) is 44.2 Å². The lowest BCUT2D eigenvalue weighted by Crippen LogP contribution is -2.49. The molecule has 0 saturated carbocycles. The number of carbonyl (C=O) groups is 2. The minimum absolute atomic E-state index is 0.0456. The molecular weight excluding hydrogens is 428 g/mol. The van der Waals surface area contributed by atoms with Crippen molar-refractivity contribution in [1.29, 1.82) is 0 Å². The van der Waals surface area contributed by atoms with Crippen LogP contribution in [-0.2, 0) is 22.6 Å². The maximum absolute atomic E-state index is 13.2. The van der Waals surface area contributed by atoms with Gasteiger partial charge in [0.1, 0.15) is 6.04 Å². The second-order valence-corrected chi connectivity index (χ2v) is 8.27. The number of carbonyl (C=O) groups excluding carboxylic acids is 2. The Morgan fingerprint density at radius 2 is 1.62 bits per heavy atom. The molecule has 0 radical (unpaired) electrons. The molecule has 174 valence electrons. The van der Waals surface area contributed by atoms with Crippen molar-refractivity contribution in [2.75, 3.05) is 14.2 Å². The maximum Gasteiger partial charge on any atom is 0.242 e. The van der Waals surface area contributed by atoms with Gasteiger partial charge in [0.25, 0.3) is 0 Å². The van der Waals surface area contributed by atoms with E-state index in [-0.39, 0.29) is 24.3 Å². The summed E-state index contributed by atoms with van der Waals surface area (Å²) in [7, 11) is 3.17. The zero-order chi connectivity index (χ0) is 23.7. The van der Waals surface area contributed by atoms with Crippen LogP contribution in [0.2, 0.25) is 5.02 Å². The molecule has 0 aliphatic heterocycles. The second-order valence-electron chi connectivity index (χ2n) is 7.83. The van der Waals surface area contributed by atoms with Crippen LogP contribution >= 0.6 is 11.6 Å². The number of benzene rings is 2. The Kier molecular flexibility index (Phi) is 9.85. The molecule has 0 spiro atoms. The normalized spacial score (nSPS) is 12.6. The molecule has 2 amide bonds. The molecule has 2 aromatic rings. The molecule has 6 nitrogen and oxygen atoms in total. The van der Waals surface area contributed by atoms with Crippen molar-refractivity contribution in [2.24, 2.45) is 0 Å². The van der Waals surface area contributed by atoms with Crippen LogP contribution in [0.25, 0.3) is 0 Å². The number of rotatable bonds is 11. The van der Waals surface area contributed by atoms with E-state index in [4.69, 9.17) is 21.1 Å². The van der Waals surface area contributed by atoms with Gasteiger partial charge in [-0.05, 0) is 62.1 Å². The third-order valence-corrected chi connectivity index (χ3v) is 5.76. The lowest BCUT2D eigenvalue weighted by molar-refractivity contribution is -0.140. The Bertz CT molecular complexity index is 901. The lowest BCUT2D eigenvalue weighted by Gasteiger charge is -2.30. The fraction of sp³-hybridized carbons (Fsp3) is 0.440. The van der Waals surface area contributed by atoms with E-state index < -0.39 is 6.04 Å². The van der Waals surface area contributed by atoms with Crippen LogP contribution in [0.15, 0.2) is 42.5 Å². The summed E-state index contributed by atoms with van der Waals surface area (Å²) < 4.78 is 10.6. The second kappa shape index (κ2) is 12.3. The number of hydrogen-bond acceptors (Lipinski definition) is 4. The third kappa shape index (κ3) is 7.16. The van der Waals surface area contributed by atoms with E-state index in [0.29, 0.717) is 29.5 Å². The van der Waals surface area contributed by atoms with Gasteiger partial charge in [-0.2, -0.15) is 0 Å². The highest BCUT2D eigenvalue weighted by molar-refractivity contribution is 6.30. The van der Waals surface area contributed by atoms with Crippen molar-refractivity contribution >= 4 is 23.4 Å². The first-order valence-corrected chi connectivity index (χ1v) is 11.2. The summed E-state index contributed by atoms with van der Waals surface area (Å²) in [6, 6.07) is 12.4. The SMILES string of the molecule is CC[C@@H](C)NC(=O)[C@H](C)N(Cc1ccc(Cl)cc1)C(=O)CCc1ccc(OC)c(OC)c1. The number of methoxy groups -OCH3 is 2. The van der Waals surface area contributed by atoms with Gasteiger partial charge in [-0.15, -0.1) is 0 Å². The first-order valence-electron chi connectivity index (χ1n) is 10.8. The van der Waals surface area contributed by atoms with Crippen molar-refractivity contribution in [3.63, 3.8) is 0 Å². The van der Waals surface area contributed by atoms with Crippen LogP contribution in [0.5, 0.6) is 11.5 Å². The van der Waals surface area contributed by atoms with Crippen LogP contribution < -0.4 is 14.8 Å². The average Bonchev–Trinajstić information content (AvgIpc) is 2.81. The molecule has 1 N–H and O–H groups in total. The highest BCUT2D eigenvalue weighted by Crippen LogP contribution is 2.28. The molecule has 0 fully saturated rings. The summed E-state index contributed by atoms with van der Waals surface area (Å²) in [4.78, 5) is 27.6. The number of hydrogen-bond donors (Lipinski definition) is 1. The topological polar surface area (TPSA) is 67.9 Å². The summed E-state index contributed by atoms with van der Waals surface area (Å²) in [6.45, 7) is 6.06. The van der Waals surface area contributed by atoms with Crippen LogP contribution in [0.3, 0.4) is 0 Å². The predicted octanol–water partition coefficient (Wildman–Crippen LogP) is 4.62. The largest absolute Gasteiger partial charge is 0.493 e. The monoisotopic (exact) mass is 460 g/mol. The molecule has 0 aliphatic rings. The number of nitrogens with zero attached hydrogens (tertiary/aromatic N) is 1. The van der Waals surface area contributed by atoms with Gasteiger partial charge >= 0.3 is 0 Å². The van der Waals surface area contributed by atoms with E-state index in [9.17, 15) is 9.59 Å². The fourth-order valence-corrected chi connectivity index (χ4v) is 3.39. The molecule has 7 heteroatoms. The minimum Gasteiger partial charge on any atom is -0.493 e. The Labute approximate surface area is 195 Å². The van der Waals surface area contributed by atoms with Crippen molar-refractivity contribution < 1.29 is 19.1 Å². The Balaban J connectivity index is 2.17. The number of aryl methyl sites for hydroxylation is 1. The Morgan fingerprint density at radius 3 is 2.22 bits per heavy atom. The molecule has 0 aromatic heterocycles. The number of halogens is 1. The molecule has 2 rings (SSSR count). The third-order valence-electron chi connectivity index (χ3n) is 5.51. The maximum atomic E-state index is 13.2. The lowest BCUT2D eigenvalue weighted by atomic mass is 10.1. The first-order chi connectivity index (χ1) is 15.3. The van der Waals surface area contributed by atoms with Gasteiger partial charge < -0.3 is 19.7 Å². The molecule has 0 heterocycles. The van der Waals surface area contributed by atoms with Crippen molar-refractivity contribution in [3.8, 4) is 11.5 Å². The molecule has 0 unspecified atom stereocenters. The van der Waals surface area contributed by atoms with Crippen LogP contribution in [0.4, 0.5) is 0 Å².